The highest BCUT2D eigenvalue weighted by Crippen LogP contribution is 2.77. The summed E-state index contributed by atoms with van der Waals surface area (Å²) in [5, 5.41) is 22.4. The number of nitriles is 1. The first-order valence-electron chi connectivity index (χ1n) is 12.7. The van der Waals surface area contributed by atoms with Crippen molar-refractivity contribution in [2.75, 3.05) is 19.6 Å². The van der Waals surface area contributed by atoms with Gasteiger partial charge in [0.2, 0.25) is 0 Å². The lowest BCUT2D eigenvalue weighted by molar-refractivity contribution is -0.156. The van der Waals surface area contributed by atoms with Gasteiger partial charge in [0.1, 0.15) is 18.0 Å². The monoisotopic (exact) mass is 485 g/mol. The van der Waals surface area contributed by atoms with E-state index in [1.807, 2.05) is 17.9 Å². The van der Waals surface area contributed by atoms with Crippen LogP contribution in [0, 0.1) is 45.3 Å². The number of carbonyl (C=O) groups is 3. The summed E-state index contributed by atoms with van der Waals surface area (Å²) >= 11 is 0. The Balaban J connectivity index is 1.35. The molecule has 0 aromatic heterocycles. The summed E-state index contributed by atoms with van der Waals surface area (Å²) in [7, 11) is 0. The van der Waals surface area contributed by atoms with E-state index >= 15 is 0 Å². The molecule has 5 rings (SSSR count). The second-order valence-corrected chi connectivity index (χ2v) is 11.7. The number of Topliss-reactive ketones (excluding diaryl/α,β-unsaturated/α-hetero) is 1. The molecule has 1 saturated heterocycles. The number of alkyl carbamates (subject to hydrolysis) is 2. The number of amides is 2. The van der Waals surface area contributed by atoms with E-state index in [9.17, 15) is 19.5 Å². The lowest BCUT2D eigenvalue weighted by Crippen LogP contribution is -2.58. The second-order valence-electron chi connectivity index (χ2n) is 11.7. The third-order valence-corrected chi connectivity index (χ3v) is 10.1. The van der Waals surface area contributed by atoms with E-state index in [0.717, 1.165) is 25.7 Å². The third kappa shape index (κ3) is 3.60. The molecule has 1 spiro atoms. The van der Waals surface area contributed by atoms with Gasteiger partial charge in [0.15, 0.2) is 0 Å². The number of rotatable bonds is 4. The van der Waals surface area contributed by atoms with Gasteiger partial charge >= 0.3 is 12.2 Å². The molecule has 9 nitrogen and oxygen atoms in total. The summed E-state index contributed by atoms with van der Waals surface area (Å²) < 4.78 is 11.2. The normalized spacial score (nSPS) is 44.4. The number of likely N-dealkylation sites (tertiary alicyclic amines) is 1. The van der Waals surface area contributed by atoms with Crippen LogP contribution in [0.4, 0.5) is 9.59 Å². The van der Waals surface area contributed by atoms with Crippen molar-refractivity contribution in [1.82, 2.24) is 10.2 Å². The first kappa shape index (κ1) is 24.3. The largest absolute Gasteiger partial charge is 0.445 e. The molecule has 1 aliphatic heterocycles. The van der Waals surface area contributed by atoms with Crippen LogP contribution >= 0.6 is 0 Å². The number of ketones is 1. The van der Waals surface area contributed by atoms with Crippen molar-refractivity contribution in [2.24, 2.45) is 34.0 Å². The maximum atomic E-state index is 13.3. The second kappa shape index (κ2) is 8.31. The van der Waals surface area contributed by atoms with E-state index in [1.54, 1.807) is 6.08 Å². The van der Waals surface area contributed by atoms with Gasteiger partial charge in [0, 0.05) is 36.3 Å². The topological polar surface area (TPSA) is 129 Å². The van der Waals surface area contributed by atoms with Gasteiger partial charge in [0.05, 0.1) is 18.7 Å². The summed E-state index contributed by atoms with van der Waals surface area (Å²) in [4.78, 5) is 40.2. The average Bonchev–Trinajstić information content (AvgIpc) is 3.45. The highest BCUT2D eigenvalue weighted by atomic mass is 16.6. The Kier molecular flexibility index (Phi) is 5.76. The lowest BCUT2D eigenvalue weighted by Gasteiger charge is -2.55. The van der Waals surface area contributed by atoms with E-state index in [1.165, 1.54) is 0 Å². The lowest BCUT2D eigenvalue weighted by atomic mass is 9.50. The molecule has 5 aliphatic rings. The molecular formula is C26H35N3O6. The number of aliphatic hydroxyl groups is 1. The predicted octanol–water partition coefficient (Wildman–Crippen LogP) is 2.78. The minimum atomic E-state index is -0.899. The zero-order chi connectivity index (χ0) is 25.2. The van der Waals surface area contributed by atoms with Crippen molar-refractivity contribution in [2.45, 2.75) is 70.7 Å². The van der Waals surface area contributed by atoms with E-state index in [0.29, 0.717) is 31.8 Å². The van der Waals surface area contributed by atoms with Crippen LogP contribution in [-0.2, 0) is 14.3 Å². The summed E-state index contributed by atoms with van der Waals surface area (Å²) in [5.41, 5.74) is -1.45. The van der Waals surface area contributed by atoms with Crippen molar-refractivity contribution in [1.29, 1.82) is 5.26 Å². The van der Waals surface area contributed by atoms with Gasteiger partial charge in [-0.1, -0.05) is 19.9 Å². The third-order valence-electron chi connectivity index (χ3n) is 10.1. The van der Waals surface area contributed by atoms with Gasteiger partial charge < -0.3 is 14.6 Å². The van der Waals surface area contributed by atoms with Crippen LogP contribution in [0.15, 0.2) is 12.7 Å². The Morgan fingerprint density at radius 2 is 2.00 bits per heavy atom. The standard InChI is InChI=1S/C26H35N3O6/c1-4-24(3)12-19(35-23(33)28-22(32)34-17-13-29(14-17)10-9-27)26-11-16(26)5-7-25(15(2)21(24)31)8-6-18(30)20(25)26/h4,15-17,19-21,31H,1,5-8,10-14H2,2-3H3,(H,28,32,33)/t15-,16-,19+,20+,21-,24+,25-,26-/m0/s1. The zero-order valence-corrected chi connectivity index (χ0v) is 20.5. The summed E-state index contributed by atoms with van der Waals surface area (Å²) in [6.07, 6.45) is 2.51. The predicted molar refractivity (Wildman–Crippen MR) is 124 cm³/mol. The van der Waals surface area contributed by atoms with Crippen LogP contribution in [0.25, 0.3) is 0 Å². The van der Waals surface area contributed by atoms with E-state index < -0.39 is 35.2 Å². The number of hydrogen-bond acceptors (Lipinski definition) is 8. The molecule has 2 N–H and O–H groups in total. The minimum absolute atomic E-state index is 0.0757. The molecule has 35 heavy (non-hydrogen) atoms. The fourth-order valence-electron chi connectivity index (χ4n) is 8.10. The van der Waals surface area contributed by atoms with Gasteiger partial charge in [0.25, 0.3) is 0 Å². The maximum absolute atomic E-state index is 13.3. The van der Waals surface area contributed by atoms with Gasteiger partial charge in [-0.2, -0.15) is 5.26 Å². The van der Waals surface area contributed by atoms with Crippen LogP contribution < -0.4 is 5.32 Å². The average molecular weight is 486 g/mol. The molecular weight excluding hydrogens is 450 g/mol. The summed E-state index contributed by atoms with van der Waals surface area (Å²) in [5.74, 6) is 0.200. The number of ether oxygens (including phenoxy) is 2. The van der Waals surface area contributed by atoms with E-state index in [4.69, 9.17) is 14.7 Å². The van der Waals surface area contributed by atoms with Crippen molar-refractivity contribution in [3.63, 3.8) is 0 Å². The van der Waals surface area contributed by atoms with Crippen LogP contribution in [-0.4, -0.2) is 65.9 Å². The minimum Gasteiger partial charge on any atom is -0.445 e. The molecule has 8 atom stereocenters. The van der Waals surface area contributed by atoms with E-state index in [2.05, 4.69) is 18.8 Å². The SMILES string of the molecule is C=C[C@]1(C)C[C@@H](OC(=O)NC(=O)OC2CN(CC#N)C2)[C@]23C[C@@H]2CC[C@]2(CCC(=O)[C@H]23)[C@@H](C)[C@@H]1O. The molecule has 5 fully saturated rings. The Hall–Kier alpha value is -2.44. The zero-order valence-electron chi connectivity index (χ0n) is 20.5. The fraction of sp³-hybridized carbons (Fsp3) is 0.769. The van der Waals surface area contributed by atoms with Crippen LogP contribution in [0.5, 0.6) is 0 Å². The Bertz CT molecular complexity index is 988. The number of hydrogen-bond donors (Lipinski definition) is 2. The smallest absolute Gasteiger partial charge is 0.416 e. The summed E-state index contributed by atoms with van der Waals surface area (Å²) in [6.45, 7) is 9.15. The van der Waals surface area contributed by atoms with Crippen molar-refractivity contribution >= 4 is 18.0 Å². The molecule has 1 heterocycles. The van der Waals surface area contributed by atoms with Crippen LogP contribution in [0.2, 0.25) is 0 Å². The van der Waals surface area contributed by atoms with Gasteiger partial charge in [-0.3, -0.25) is 9.69 Å². The number of imide groups is 1. The van der Waals surface area contributed by atoms with Crippen LogP contribution in [0.1, 0.15) is 52.4 Å². The van der Waals surface area contributed by atoms with Gasteiger partial charge in [-0.25, -0.2) is 14.9 Å². The number of carbonyl (C=O) groups excluding carboxylic acids is 3. The first-order valence-corrected chi connectivity index (χ1v) is 12.7. The van der Waals surface area contributed by atoms with Gasteiger partial charge in [-0.15, -0.1) is 6.58 Å². The molecule has 190 valence electrons. The number of nitrogens with one attached hydrogen (secondary N) is 1. The molecule has 9 heteroatoms. The van der Waals surface area contributed by atoms with Crippen molar-refractivity contribution < 1.29 is 29.0 Å². The maximum Gasteiger partial charge on any atom is 0.416 e. The summed E-state index contributed by atoms with van der Waals surface area (Å²) in [6, 6.07) is 2.04. The Labute approximate surface area is 205 Å². The molecule has 2 amide bonds. The van der Waals surface area contributed by atoms with Gasteiger partial charge in [-0.05, 0) is 49.4 Å². The molecule has 0 aromatic carbocycles. The molecule has 4 aliphatic carbocycles. The Morgan fingerprint density at radius 1 is 1.29 bits per heavy atom. The fourth-order valence-corrected chi connectivity index (χ4v) is 8.10. The quantitative estimate of drug-likeness (QED) is 0.459. The molecule has 0 aromatic rings. The first-order chi connectivity index (χ1) is 16.6. The highest BCUT2D eigenvalue weighted by molar-refractivity contribution is 5.88. The van der Waals surface area contributed by atoms with Crippen molar-refractivity contribution in [3.05, 3.63) is 12.7 Å². The number of nitrogens with zero attached hydrogens (tertiary/aromatic N) is 2. The van der Waals surface area contributed by atoms with Crippen LogP contribution in [0.3, 0.4) is 0 Å². The molecule has 0 radical (unpaired) electrons. The number of aliphatic hydroxyl groups excluding tert-OH is 1. The molecule has 4 saturated carbocycles. The highest BCUT2D eigenvalue weighted by Gasteiger charge is 2.77. The van der Waals surface area contributed by atoms with Crippen molar-refractivity contribution in [3.8, 4) is 6.07 Å². The van der Waals surface area contributed by atoms with E-state index in [-0.39, 0.29) is 35.7 Å². The Morgan fingerprint density at radius 3 is 2.69 bits per heavy atom. The molecule has 0 unspecified atom stereocenters. The molecule has 2 bridgehead atoms.